The van der Waals surface area contributed by atoms with Crippen molar-refractivity contribution in [3.63, 3.8) is 0 Å². The molecule has 1 aliphatic rings. The van der Waals surface area contributed by atoms with Gasteiger partial charge in [0.1, 0.15) is 5.76 Å². The zero-order valence-corrected chi connectivity index (χ0v) is 19.4. The second kappa shape index (κ2) is 7.98. The summed E-state index contributed by atoms with van der Waals surface area (Å²) in [6.07, 6.45) is 2.73. The molecule has 0 fully saturated rings. The van der Waals surface area contributed by atoms with Crippen LogP contribution in [0.25, 0.3) is 0 Å². The van der Waals surface area contributed by atoms with Crippen molar-refractivity contribution in [1.29, 1.82) is 0 Å². The molecule has 0 saturated heterocycles. The molecule has 164 valence electrons. The van der Waals surface area contributed by atoms with Crippen LogP contribution in [0.3, 0.4) is 0 Å². The van der Waals surface area contributed by atoms with Crippen molar-refractivity contribution in [3.8, 4) is 0 Å². The minimum atomic E-state index is -0.221. The van der Waals surface area contributed by atoms with E-state index in [4.69, 9.17) is 4.52 Å². The average Bonchev–Trinajstić information content (AvgIpc) is 3.25. The first-order valence-corrected chi connectivity index (χ1v) is 11.0. The monoisotopic (exact) mass is 420 g/mol. The van der Waals surface area contributed by atoms with E-state index >= 15 is 0 Å². The second-order valence-electron chi connectivity index (χ2n) is 9.82. The Morgan fingerprint density at radius 1 is 1.23 bits per heavy atom. The number of hydrogen-bond donors (Lipinski definition) is 1. The molecular weight excluding hydrogens is 388 g/mol. The van der Waals surface area contributed by atoms with Crippen LogP contribution < -0.4 is 5.32 Å². The molecule has 4 rings (SSSR count). The highest BCUT2D eigenvalue weighted by Gasteiger charge is 2.34. The highest BCUT2D eigenvalue weighted by atomic mass is 16.5. The lowest BCUT2D eigenvalue weighted by atomic mass is 9.71. The van der Waals surface area contributed by atoms with Gasteiger partial charge in [-0.3, -0.25) is 9.48 Å². The van der Waals surface area contributed by atoms with Gasteiger partial charge in [0.25, 0.3) is 5.91 Å². The number of fused-ring (bicyclic) bond motifs is 1. The lowest BCUT2D eigenvalue weighted by molar-refractivity contribution is 0.101. The maximum atomic E-state index is 13.2. The van der Waals surface area contributed by atoms with Crippen LogP contribution in [0.1, 0.15) is 71.5 Å². The van der Waals surface area contributed by atoms with Gasteiger partial charge in [-0.05, 0) is 56.1 Å². The Hall–Kier alpha value is -2.89. The topological polar surface area (TPSA) is 73.0 Å². The Morgan fingerprint density at radius 3 is 2.68 bits per heavy atom. The van der Waals surface area contributed by atoms with E-state index in [1.165, 1.54) is 11.1 Å². The summed E-state index contributed by atoms with van der Waals surface area (Å²) in [7, 11) is 0. The first-order chi connectivity index (χ1) is 14.6. The van der Waals surface area contributed by atoms with Crippen molar-refractivity contribution in [2.75, 3.05) is 5.32 Å². The van der Waals surface area contributed by atoms with Gasteiger partial charge in [0.15, 0.2) is 5.69 Å². The van der Waals surface area contributed by atoms with Gasteiger partial charge in [0, 0.05) is 12.0 Å². The summed E-state index contributed by atoms with van der Waals surface area (Å²) >= 11 is 0. The number of hydrogen-bond acceptors (Lipinski definition) is 4. The molecule has 31 heavy (non-hydrogen) atoms. The quantitative estimate of drug-likeness (QED) is 0.626. The maximum absolute atomic E-state index is 13.2. The molecule has 2 aromatic heterocycles. The van der Waals surface area contributed by atoms with E-state index in [0.717, 1.165) is 47.7 Å². The molecule has 0 unspecified atom stereocenters. The van der Waals surface area contributed by atoms with E-state index in [9.17, 15) is 4.79 Å². The average molecular weight is 421 g/mol. The summed E-state index contributed by atoms with van der Waals surface area (Å²) < 4.78 is 7.48. The Bertz CT molecular complexity index is 1120. The molecule has 1 aliphatic carbocycles. The number of rotatable bonds is 4. The van der Waals surface area contributed by atoms with Gasteiger partial charge in [-0.15, -0.1) is 0 Å². The largest absolute Gasteiger partial charge is 0.360 e. The second-order valence-corrected chi connectivity index (χ2v) is 9.82. The van der Waals surface area contributed by atoms with Gasteiger partial charge in [0.2, 0.25) is 0 Å². The summed E-state index contributed by atoms with van der Waals surface area (Å²) in [5, 5.41) is 11.9. The smallest absolute Gasteiger partial charge is 0.278 e. The Morgan fingerprint density at radius 2 is 1.97 bits per heavy atom. The molecular formula is C25H32N4O2. The summed E-state index contributed by atoms with van der Waals surface area (Å²) in [6, 6.07) is 8.28. The minimum Gasteiger partial charge on any atom is -0.360 e. The van der Waals surface area contributed by atoms with Gasteiger partial charge in [-0.25, -0.2) is 0 Å². The van der Waals surface area contributed by atoms with Crippen LogP contribution in [0.4, 0.5) is 5.69 Å². The van der Waals surface area contributed by atoms with Crippen molar-refractivity contribution < 1.29 is 9.32 Å². The van der Waals surface area contributed by atoms with Crippen molar-refractivity contribution in [3.05, 3.63) is 63.8 Å². The SMILES string of the molecule is Cc1ccccc1Cn1nc(C)c(NC(=O)c2noc3c2C[C@@H](C(C)(C)C)CC3)c1C. The molecule has 0 spiro atoms. The lowest BCUT2D eigenvalue weighted by Crippen LogP contribution is -2.27. The third-order valence-electron chi connectivity index (χ3n) is 6.68. The standard InChI is InChI=1S/C25H32N4O2/c1-15-9-7-8-10-18(15)14-29-17(3)22(16(2)27-29)26-24(30)23-20-13-19(25(4,5)6)11-12-21(20)31-28-23/h7-10,19H,11-14H2,1-6H3,(H,26,30)/t19-/m0/s1. The van der Waals surface area contributed by atoms with Gasteiger partial charge in [-0.1, -0.05) is 50.2 Å². The Labute approximate surface area is 184 Å². The molecule has 3 aromatic rings. The van der Waals surface area contributed by atoms with Crippen molar-refractivity contribution >= 4 is 11.6 Å². The van der Waals surface area contributed by atoms with E-state index < -0.39 is 0 Å². The molecule has 1 aromatic carbocycles. The van der Waals surface area contributed by atoms with Gasteiger partial charge < -0.3 is 9.84 Å². The third kappa shape index (κ3) is 4.16. The van der Waals surface area contributed by atoms with E-state index in [1.807, 2.05) is 30.7 Å². The highest BCUT2D eigenvalue weighted by molar-refractivity contribution is 6.04. The van der Waals surface area contributed by atoms with Crippen LogP contribution in [0.5, 0.6) is 0 Å². The maximum Gasteiger partial charge on any atom is 0.278 e. The lowest BCUT2D eigenvalue weighted by Gasteiger charge is -2.33. The normalized spacial score (nSPS) is 16.3. The number of aromatic nitrogens is 3. The highest BCUT2D eigenvalue weighted by Crippen LogP contribution is 2.38. The van der Waals surface area contributed by atoms with Crippen molar-refractivity contribution in [2.45, 2.75) is 67.3 Å². The first kappa shape index (κ1) is 21.3. The Balaban J connectivity index is 1.56. The van der Waals surface area contributed by atoms with Crippen LogP contribution in [0.2, 0.25) is 0 Å². The van der Waals surface area contributed by atoms with Crippen LogP contribution in [0.15, 0.2) is 28.8 Å². The molecule has 0 bridgehead atoms. The zero-order chi connectivity index (χ0) is 22.3. The molecule has 0 aliphatic heterocycles. The fourth-order valence-electron chi connectivity index (χ4n) is 4.47. The van der Waals surface area contributed by atoms with E-state index in [1.54, 1.807) is 0 Å². The van der Waals surface area contributed by atoms with Crippen LogP contribution >= 0.6 is 0 Å². The number of aryl methyl sites for hydroxylation is 3. The predicted octanol–water partition coefficient (Wildman–Crippen LogP) is 5.25. The number of carbonyl (C=O) groups is 1. The molecule has 1 amide bonds. The van der Waals surface area contributed by atoms with Gasteiger partial charge >= 0.3 is 0 Å². The summed E-state index contributed by atoms with van der Waals surface area (Å²) in [4.78, 5) is 13.2. The van der Waals surface area contributed by atoms with Crippen molar-refractivity contribution in [1.82, 2.24) is 14.9 Å². The number of nitrogens with one attached hydrogen (secondary N) is 1. The summed E-state index contributed by atoms with van der Waals surface area (Å²) in [6.45, 7) is 13.4. The van der Waals surface area contributed by atoms with Gasteiger partial charge in [0.05, 0.1) is 23.6 Å². The molecule has 0 radical (unpaired) electrons. The fraction of sp³-hybridized carbons (Fsp3) is 0.480. The molecule has 1 N–H and O–H groups in total. The van der Waals surface area contributed by atoms with E-state index in [0.29, 0.717) is 18.2 Å². The molecule has 1 atom stereocenters. The molecule has 0 saturated carbocycles. The minimum absolute atomic E-state index is 0.187. The van der Waals surface area contributed by atoms with Crippen LogP contribution in [-0.2, 0) is 19.4 Å². The Kier molecular flexibility index (Phi) is 5.50. The molecule has 6 heteroatoms. The van der Waals surface area contributed by atoms with E-state index in [-0.39, 0.29) is 11.3 Å². The number of anilines is 1. The number of amides is 1. The fourth-order valence-corrected chi connectivity index (χ4v) is 4.47. The predicted molar refractivity (Wildman–Crippen MR) is 121 cm³/mol. The number of benzene rings is 1. The van der Waals surface area contributed by atoms with Gasteiger partial charge in [-0.2, -0.15) is 5.10 Å². The zero-order valence-electron chi connectivity index (χ0n) is 19.4. The summed E-state index contributed by atoms with van der Waals surface area (Å²) in [5.74, 6) is 1.14. The number of carbonyl (C=O) groups excluding carboxylic acids is 1. The van der Waals surface area contributed by atoms with Crippen LogP contribution in [0, 0.1) is 32.1 Å². The molecule has 2 heterocycles. The van der Waals surface area contributed by atoms with Crippen molar-refractivity contribution in [2.24, 2.45) is 11.3 Å². The van der Waals surface area contributed by atoms with Crippen LogP contribution in [-0.4, -0.2) is 20.8 Å². The number of nitrogens with zero attached hydrogens (tertiary/aromatic N) is 3. The molecule has 6 nitrogen and oxygen atoms in total. The third-order valence-corrected chi connectivity index (χ3v) is 6.68. The van der Waals surface area contributed by atoms with E-state index in [2.05, 4.69) is 55.4 Å². The first-order valence-electron chi connectivity index (χ1n) is 11.0. The summed E-state index contributed by atoms with van der Waals surface area (Å²) in [5.41, 5.74) is 6.47.